The number of hydrogen-bond donors (Lipinski definition) is 1. The van der Waals surface area contributed by atoms with Crippen LogP contribution in [0.1, 0.15) is 33.2 Å². The lowest BCUT2D eigenvalue weighted by molar-refractivity contribution is -0.215. The van der Waals surface area contributed by atoms with Gasteiger partial charge in [-0.1, -0.05) is 121 Å². The number of ketones is 1. The second-order valence-electron chi connectivity index (χ2n) is 8.14. The normalized spacial score (nSPS) is 11.3. The number of carbonyl (C=O) groups is 1. The van der Waals surface area contributed by atoms with Crippen LogP contribution in [0.25, 0.3) is 0 Å². The summed E-state index contributed by atoms with van der Waals surface area (Å²) < 4.78 is 15.6. The van der Waals surface area contributed by atoms with Crippen LogP contribution in [0.2, 0.25) is 0 Å². The summed E-state index contributed by atoms with van der Waals surface area (Å²) in [6, 6.07) is 38.0. The van der Waals surface area contributed by atoms with Crippen molar-refractivity contribution in [2.45, 2.75) is 18.3 Å². The molecule has 0 aliphatic rings. The van der Waals surface area contributed by atoms with Crippen LogP contribution >= 0.6 is 0 Å². The summed E-state index contributed by atoms with van der Waals surface area (Å²) in [6.45, 7) is 0. The monoisotopic (exact) mass is 500 g/mol. The lowest BCUT2D eigenvalue weighted by atomic mass is 9.97. The van der Waals surface area contributed by atoms with Gasteiger partial charge in [-0.2, -0.15) is 0 Å². The van der Waals surface area contributed by atoms with Gasteiger partial charge in [-0.15, -0.1) is 0 Å². The van der Waals surface area contributed by atoms with Gasteiger partial charge in [0.2, 0.25) is 0 Å². The highest BCUT2D eigenvalue weighted by atomic mass is 16.7. The first-order chi connectivity index (χ1) is 18.0. The molecule has 5 nitrogen and oxygen atoms in total. The van der Waals surface area contributed by atoms with Crippen LogP contribution < -0.4 is 0 Å². The van der Waals surface area contributed by atoms with Gasteiger partial charge >= 0.3 is 0 Å². The maximum atomic E-state index is 11.9. The molecule has 0 spiro atoms. The van der Waals surface area contributed by atoms with Crippen molar-refractivity contribution in [2.75, 3.05) is 28.4 Å². The number of rotatable bonds is 8. The number of Topliss-reactive ketones (excluding diaryl/α,β-unsaturated/α-hetero) is 1. The molecule has 1 atom stereocenters. The minimum absolute atomic E-state index is 0.271. The van der Waals surface area contributed by atoms with E-state index in [1.54, 1.807) is 77.0 Å². The predicted molar refractivity (Wildman–Crippen MR) is 147 cm³/mol. The number of hydrogen-bond acceptors (Lipinski definition) is 5. The van der Waals surface area contributed by atoms with Crippen LogP contribution in [0.4, 0.5) is 0 Å². The molecule has 1 N–H and O–H groups in total. The molecule has 4 aromatic rings. The first-order valence-corrected chi connectivity index (χ1v) is 11.9. The summed E-state index contributed by atoms with van der Waals surface area (Å²) in [5.74, 6) is -0.991. The van der Waals surface area contributed by atoms with Gasteiger partial charge in [0.15, 0.2) is 11.6 Å². The Bertz CT molecular complexity index is 1130. The predicted octanol–water partition coefficient (Wildman–Crippen LogP) is 6.24. The van der Waals surface area contributed by atoms with Crippen molar-refractivity contribution in [1.29, 1.82) is 0 Å². The maximum Gasteiger partial charge on any atom is 0.198 e. The van der Waals surface area contributed by atoms with E-state index in [1.165, 1.54) is 5.56 Å². The first-order valence-electron chi connectivity index (χ1n) is 11.9. The molecule has 0 amide bonds. The summed E-state index contributed by atoms with van der Waals surface area (Å²) in [5.41, 5.74) is 3.36. The lowest BCUT2D eigenvalue weighted by Crippen LogP contribution is -2.33. The van der Waals surface area contributed by atoms with Crippen molar-refractivity contribution in [1.82, 2.24) is 0 Å². The van der Waals surface area contributed by atoms with Crippen LogP contribution in [-0.4, -0.2) is 39.3 Å². The largest absolute Gasteiger partial charge is 0.388 e. The molecule has 0 bridgehead atoms. The van der Waals surface area contributed by atoms with E-state index >= 15 is 0 Å². The Kier molecular flexibility index (Phi) is 13.0. The Balaban J connectivity index is 0.000000237. The summed E-state index contributed by atoms with van der Waals surface area (Å²) in [5, 5.41) is 9.89. The Morgan fingerprint density at radius 3 is 1.54 bits per heavy atom. The average molecular weight is 501 g/mol. The SMILES string of the molecule is COC.COC(Cc1ccccc1)(OC)c1ccccc1.O=C(c1ccccc1)C(O)c1ccccc1. The molecule has 194 valence electrons. The van der Waals surface area contributed by atoms with Gasteiger partial charge in [0.05, 0.1) is 0 Å². The zero-order chi connectivity index (χ0) is 26.9. The van der Waals surface area contributed by atoms with Gasteiger partial charge in [-0.3, -0.25) is 4.79 Å². The fourth-order valence-corrected chi connectivity index (χ4v) is 3.67. The van der Waals surface area contributed by atoms with Crippen molar-refractivity contribution < 1.29 is 24.1 Å². The van der Waals surface area contributed by atoms with Crippen molar-refractivity contribution in [3.63, 3.8) is 0 Å². The molecule has 0 radical (unpaired) electrons. The van der Waals surface area contributed by atoms with Crippen molar-refractivity contribution in [3.8, 4) is 0 Å². The van der Waals surface area contributed by atoms with E-state index in [4.69, 9.17) is 9.47 Å². The molecule has 1 unspecified atom stereocenters. The topological polar surface area (TPSA) is 65.0 Å². The molecule has 0 heterocycles. The highest BCUT2D eigenvalue weighted by Gasteiger charge is 2.32. The summed E-state index contributed by atoms with van der Waals surface area (Å²) >= 11 is 0. The van der Waals surface area contributed by atoms with Crippen molar-refractivity contribution in [3.05, 3.63) is 144 Å². The van der Waals surface area contributed by atoms with Crippen molar-refractivity contribution in [2.24, 2.45) is 0 Å². The second kappa shape index (κ2) is 16.2. The van der Waals surface area contributed by atoms with Crippen LogP contribution in [0.3, 0.4) is 0 Å². The first kappa shape index (κ1) is 29.6. The van der Waals surface area contributed by atoms with E-state index in [0.717, 1.165) is 5.56 Å². The molecule has 0 fully saturated rings. The fraction of sp³-hybridized carbons (Fsp3) is 0.219. The molecule has 0 aliphatic carbocycles. The Morgan fingerprint density at radius 2 is 1.08 bits per heavy atom. The van der Waals surface area contributed by atoms with E-state index in [9.17, 15) is 9.90 Å². The van der Waals surface area contributed by atoms with Crippen LogP contribution in [0, 0.1) is 0 Å². The smallest absolute Gasteiger partial charge is 0.198 e. The van der Waals surface area contributed by atoms with Crippen molar-refractivity contribution >= 4 is 5.78 Å². The Hall–Kier alpha value is -3.61. The number of carbonyl (C=O) groups excluding carboxylic acids is 1. The average Bonchev–Trinajstić information content (AvgIpc) is 2.98. The number of ether oxygens (including phenoxy) is 3. The van der Waals surface area contributed by atoms with Gasteiger partial charge in [0.25, 0.3) is 0 Å². The Labute approximate surface area is 220 Å². The van der Waals surface area contributed by atoms with Gasteiger partial charge in [0, 0.05) is 46.0 Å². The summed E-state index contributed by atoms with van der Waals surface area (Å²) in [4.78, 5) is 11.9. The molecule has 37 heavy (non-hydrogen) atoms. The van der Waals surface area contributed by atoms with Crippen LogP contribution in [0.5, 0.6) is 0 Å². The molecule has 0 aliphatic heterocycles. The zero-order valence-corrected chi connectivity index (χ0v) is 21.9. The van der Waals surface area contributed by atoms with E-state index in [1.807, 2.05) is 60.7 Å². The van der Waals surface area contributed by atoms with E-state index in [-0.39, 0.29) is 5.78 Å². The van der Waals surface area contributed by atoms with Gasteiger partial charge in [-0.25, -0.2) is 0 Å². The Morgan fingerprint density at radius 1 is 0.676 bits per heavy atom. The van der Waals surface area contributed by atoms with E-state index in [0.29, 0.717) is 17.5 Å². The minimum atomic E-state index is -1.08. The third-order valence-corrected chi connectivity index (χ3v) is 5.57. The third kappa shape index (κ3) is 9.08. The van der Waals surface area contributed by atoms with E-state index in [2.05, 4.69) is 16.9 Å². The van der Waals surface area contributed by atoms with Crippen LogP contribution in [0.15, 0.2) is 121 Å². The quantitative estimate of drug-likeness (QED) is 0.229. The molecule has 5 heteroatoms. The van der Waals surface area contributed by atoms with E-state index < -0.39 is 11.9 Å². The minimum Gasteiger partial charge on any atom is -0.388 e. The number of benzene rings is 4. The molecule has 4 rings (SSSR count). The molecular weight excluding hydrogens is 464 g/mol. The second-order valence-corrected chi connectivity index (χ2v) is 8.14. The van der Waals surface area contributed by atoms with Crippen LogP contribution in [-0.2, 0) is 26.4 Å². The molecule has 0 aromatic heterocycles. The third-order valence-electron chi connectivity index (χ3n) is 5.57. The number of methoxy groups -OCH3 is 3. The van der Waals surface area contributed by atoms with Gasteiger partial charge in [-0.05, 0) is 11.1 Å². The number of aliphatic hydroxyl groups excluding tert-OH is 1. The summed E-state index contributed by atoms with van der Waals surface area (Å²) in [6.07, 6.45) is -0.395. The highest BCUT2D eigenvalue weighted by molar-refractivity contribution is 5.99. The van der Waals surface area contributed by atoms with Gasteiger partial charge < -0.3 is 19.3 Å². The standard InChI is InChI=1S/C16H18O2.C14H12O2.C2H6O/c1-17-16(18-2,15-11-7-4-8-12-15)13-14-9-5-3-6-10-14;15-13(11-7-3-1-4-8-11)14(16)12-9-5-2-6-10-12;1-3-2/h3-12H,13H2,1-2H3;1-10,13,15H;1-2H3. The van der Waals surface area contributed by atoms with Gasteiger partial charge in [0.1, 0.15) is 6.10 Å². The zero-order valence-electron chi connectivity index (χ0n) is 21.9. The highest BCUT2D eigenvalue weighted by Crippen LogP contribution is 2.30. The fourth-order valence-electron chi connectivity index (χ4n) is 3.67. The lowest BCUT2D eigenvalue weighted by Gasteiger charge is -2.31. The molecule has 4 aromatic carbocycles. The molecular formula is C32H36O5. The molecule has 0 saturated heterocycles. The summed E-state index contributed by atoms with van der Waals surface area (Å²) in [7, 11) is 6.61. The maximum absolute atomic E-state index is 11.9. The number of aliphatic hydroxyl groups is 1. The molecule has 0 saturated carbocycles.